The first-order valence-corrected chi connectivity index (χ1v) is 9.95. The molecule has 1 fully saturated rings. The zero-order valence-electron chi connectivity index (χ0n) is 15.6. The van der Waals surface area contributed by atoms with Crippen LogP contribution in [0, 0.1) is 0 Å². The number of allylic oxidation sites excluding steroid dienone is 1. The van der Waals surface area contributed by atoms with Crippen LogP contribution in [0.4, 0.5) is 0 Å². The second-order valence-corrected chi connectivity index (χ2v) is 7.77. The van der Waals surface area contributed by atoms with Crippen LogP contribution >= 0.6 is 15.9 Å². The first-order chi connectivity index (χ1) is 13.0. The molecule has 0 amide bonds. The summed E-state index contributed by atoms with van der Waals surface area (Å²) >= 11 is 3.60. The first kappa shape index (κ1) is 19.8. The van der Waals surface area contributed by atoms with E-state index in [9.17, 15) is 4.79 Å². The lowest BCUT2D eigenvalue weighted by molar-refractivity contribution is -0.141. The number of carbonyl (C=O) groups excluding carboxylic acids is 1. The Balaban J connectivity index is 1.72. The van der Waals surface area contributed by atoms with Gasteiger partial charge in [-0.25, -0.2) is 0 Å². The van der Waals surface area contributed by atoms with Crippen molar-refractivity contribution in [2.45, 2.75) is 13.0 Å². The summed E-state index contributed by atoms with van der Waals surface area (Å²) in [5.41, 5.74) is 2.55. The van der Waals surface area contributed by atoms with Crippen LogP contribution in [0.25, 0.3) is 0 Å². The fourth-order valence-corrected chi connectivity index (χ4v) is 3.93. The van der Waals surface area contributed by atoms with Gasteiger partial charge in [-0.3, -0.25) is 14.6 Å². The van der Waals surface area contributed by atoms with Gasteiger partial charge in [0.15, 0.2) is 0 Å². The fourth-order valence-electron chi connectivity index (χ4n) is 3.51. The van der Waals surface area contributed by atoms with Crippen molar-refractivity contribution in [1.29, 1.82) is 0 Å². The van der Waals surface area contributed by atoms with E-state index in [1.54, 1.807) is 6.92 Å². The van der Waals surface area contributed by atoms with Gasteiger partial charge in [-0.15, -0.1) is 0 Å². The summed E-state index contributed by atoms with van der Waals surface area (Å²) in [6.07, 6.45) is 0. The van der Waals surface area contributed by atoms with Crippen molar-refractivity contribution in [2.75, 3.05) is 32.7 Å². The topological polar surface area (TPSA) is 32.8 Å². The largest absolute Gasteiger partial charge is 0.431 e. The van der Waals surface area contributed by atoms with Crippen molar-refractivity contribution in [3.8, 4) is 0 Å². The molecule has 0 saturated carbocycles. The predicted molar refractivity (Wildman–Crippen MR) is 111 cm³/mol. The summed E-state index contributed by atoms with van der Waals surface area (Å²) in [5.74, 6) is 0.208. The van der Waals surface area contributed by atoms with Crippen LogP contribution in [-0.4, -0.2) is 48.5 Å². The van der Waals surface area contributed by atoms with Gasteiger partial charge >= 0.3 is 5.97 Å². The molecule has 4 nitrogen and oxygen atoms in total. The Bertz CT molecular complexity index is 786. The SMILES string of the molecule is C=C(C)OC(=O)CN1CCN(C(c2ccccc2)c2cccc(Br)c2)CC1. The minimum absolute atomic E-state index is 0.202. The van der Waals surface area contributed by atoms with Crippen LogP contribution in [0.15, 0.2) is 71.4 Å². The molecule has 1 heterocycles. The minimum atomic E-state index is -0.234. The van der Waals surface area contributed by atoms with E-state index in [0.29, 0.717) is 12.3 Å². The maximum atomic E-state index is 11.9. The average Bonchev–Trinajstić information content (AvgIpc) is 2.64. The highest BCUT2D eigenvalue weighted by atomic mass is 79.9. The second-order valence-electron chi connectivity index (χ2n) is 6.86. The second kappa shape index (κ2) is 9.31. The molecule has 1 aliphatic heterocycles. The van der Waals surface area contributed by atoms with Gasteiger partial charge in [0.05, 0.1) is 18.3 Å². The summed E-state index contributed by atoms with van der Waals surface area (Å²) in [5, 5.41) is 0. The predicted octanol–water partition coefficient (Wildman–Crippen LogP) is 4.23. The summed E-state index contributed by atoms with van der Waals surface area (Å²) in [6, 6.07) is 19.3. The molecule has 0 aliphatic carbocycles. The van der Waals surface area contributed by atoms with Crippen molar-refractivity contribution < 1.29 is 9.53 Å². The van der Waals surface area contributed by atoms with Crippen LogP contribution < -0.4 is 0 Å². The third-order valence-electron chi connectivity index (χ3n) is 4.69. The first-order valence-electron chi connectivity index (χ1n) is 9.16. The van der Waals surface area contributed by atoms with Crippen LogP contribution in [0.5, 0.6) is 0 Å². The molecule has 3 rings (SSSR count). The molecule has 0 spiro atoms. The number of hydrogen-bond donors (Lipinski definition) is 0. The van der Waals surface area contributed by atoms with Gasteiger partial charge in [0.1, 0.15) is 0 Å². The molecule has 1 saturated heterocycles. The van der Waals surface area contributed by atoms with Crippen LogP contribution in [0.1, 0.15) is 24.1 Å². The molecule has 27 heavy (non-hydrogen) atoms. The molecule has 0 radical (unpaired) electrons. The van der Waals surface area contributed by atoms with E-state index in [4.69, 9.17) is 4.74 Å². The van der Waals surface area contributed by atoms with Gasteiger partial charge in [-0.1, -0.05) is 65.0 Å². The quantitative estimate of drug-likeness (QED) is 0.508. The Morgan fingerprint density at radius 1 is 1.07 bits per heavy atom. The van der Waals surface area contributed by atoms with E-state index in [2.05, 4.69) is 80.8 Å². The number of ether oxygens (including phenoxy) is 1. The highest BCUT2D eigenvalue weighted by molar-refractivity contribution is 9.10. The van der Waals surface area contributed by atoms with Gasteiger partial charge in [-0.05, 0) is 30.2 Å². The minimum Gasteiger partial charge on any atom is -0.431 e. The average molecular weight is 429 g/mol. The van der Waals surface area contributed by atoms with Crippen molar-refractivity contribution in [3.05, 3.63) is 82.5 Å². The lowest BCUT2D eigenvalue weighted by atomic mass is 9.96. The fraction of sp³-hybridized carbons (Fsp3) is 0.318. The standard InChI is InChI=1S/C22H25BrN2O2/c1-17(2)27-21(26)16-24-11-13-25(14-12-24)22(18-7-4-3-5-8-18)19-9-6-10-20(23)15-19/h3-10,15,22H,1,11-14,16H2,2H3. The Labute approximate surface area is 169 Å². The van der Waals surface area contributed by atoms with Crippen LogP contribution in [-0.2, 0) is 9.53 Å². The van der Waals surface area contributed by atoms with E-state index in [1.807, 2.05) is 6.07 Å². The van der Waals surface area contributed by atoms with Crippen molar-refractivity contribution in [3.63, 3.8) is 0 Å². The summed E-state index contributed by atoms with van der Waals surface area (Å²) in [7, 11) is 0. The summed E-state index contributed by atoms with van der Waals surface area (Å²) in [6.45, 7) is 9.09. The summed E-state index contributed by atoms with van der Waals surface area (Å²) in [4.78, 5) is 16.5. The molecule has 0 N–H and O–H groups in total. The Morgan fingerprint density at radius 3 is 2.37 bits per heavy atom. The maximum Gasteiger partial charge on any atom is 0.325 e. The molecule has 0 bridgehead atoms. The van der Waals surface area contributed by atoms with Crippen LogP contribution in [0.3, 0.4) is 0 Å². The van der Waals surface area contributed by atoms with Crippen molar-refractivity contribution in [2.24, 2.45) is 0 Å². The lowest BCUT2D eigenvalue weighted by Gasteiger charge is -2.39. The molecular weight excluding hydrogens is 404 g/mol. The number of hydrogen-bond acceptors (Lipinski definition) is 4. The van der Waals surface area contributed by atoms with E-state index in [-0.39, 0.29) is 12.0 Å². The molecule has 1 atom stereocenters. The third-order valence-corrected chi connectivity index (χ3v) is 5.19. The molecule has 142 valence electrons. The van der Waals surface area contributed by atoms with Crippen molar-refractivity contribution >= 4 is 21.9 Å². The van der Waals surface area contributed by atoms with Gasteiger partial charge in [-0.2, -0.15) is 0 Å². The number of halogens is 1. The molecule has 1 unspecified atom stereocenters. The van der Waals surface area contributed by atoms with Gasteiger partial charge < -0.3 is 4.74 Å². The normalized spacial score (nSPS) is 16.7. The van der Waals surface area contributed by atoms with E-state index >= 15 is 0 Å². The van der Waals surface area contributed by atoms with E-state index in [0.717, 1.165) is 30.7 Å². The van der Waals surface area contributed by atoms with E-state index in [1.165, 1.54) is 11.1 Å². The van der Waals surface area contributed by atoms with Gasteiger partial charge in [0.2, 0.25) is 0 Å². The Morgan fingerprint density at radius 2 is 1.74 bits per heavy atom. The van der Waals surface area contributed by atoms with E-state index < -0.39 is 0 Å². The monoisotopic (exact) mass is 428 g/mol. The zero-order chi connectivity index (χ0) is 19.2. The van der Waals surface area contributed by atoms with Crippen LogP contribution in [0.2, 0.25) is 0 Å². The number of esters is 1. The highest BCUT2D eigenvalue weighted by Gasteiger charge is 2.27. The maximum absolute atomic E-state index is 11.9. The third kappa shape index (κ3) is 5.51. The Hall–Kier alpha value is -1.95. The highest BCUT2D eigenvalue weighted by Crippen LogP contribution is 2.31. The molecule has 2 aromatic rings. The zero-order valence-corrected chi connectivity index (χ0v) is 17.2. The Kier molecular flexibility index (Phi) is 6.83. The molecule has 2 aromatic carbocycles. The number of nitrogens with zero attached hydrogens (tertiary/aromatic N) is 2. The van der Waals surface area contributed by atoms with Gasteiger partial charge in [0.25, 0.3) is 0 Å². The lowest BCUT2D eigenvalue weighted by Crippen LogP contribution is -2.49. The smallest absolute Gasteiger partial charge is 0.325 e. The molecule has 5 heteroatoms. The number of carbonyl (C=O) groups is 1. The number of benzene rings is 2. The summed E-state index contributed by atoms with van der Waals surface area (Å²) < 4.78 is 6.17. The van der Waals surface area contributed by atoms with Crippen molar-refractivity contribution in [1.82, 2.24) is 9.80 Å². The molecule has 1 aliphatic rings. The molecular formula is C22H25BrN2O2. The van der Waals surface area contributed by atoms with Gasteiger partial charge in [0, 0.05) is 30.7 Å². The number of piperazine rings is 1. The molecule has 0 aromatic heterocycles. The number of rotatable bonds is 6.